The average molecular weight is 454 g/mol. The molecule has 9 heteroatoms. The lowest BCUT2D eigenvalue weighted by molar-refractivity contribution is 0.102. The molecular weight excluding hydrogens is 430 g/mol. The first-order valence-corrected chi connectivity index (χ1v) is 11.6. The molecule has 1 amide bonds. The molecule has 1 unspecified atom stereocenters. The summed E-state index contributed by atoms with van der Waals surface area (Å²) < 4.78 is 39.6. The minimum atomic E-state index is -3.85. The quantitative estimate of drug-likeness (QED) is 0.591. The van der Waals surface area contributed by atoms with Crippen LogP contribution >= 0.6 is 0 Å². The van der Waals surface area contributed by atoms with Crippen molar-refractivity contribution < 1.29 is 22.7 Å². The summed E-state index contributed by atoms with van der Waals surface area (Å²) in [6, 6.07) is 14.1. The van der Waals surface area contributed by atoms with Crippen LogP contribution in [0.15, 0.2) is 71.9 Å². The largest absolute Gasteiger partial charge is 0.490 e. The van der Waals surface area contributed by atoms with Crippen molar-refractivity contribution in [3.8, 4) is 11.5 Å². The third-order valence-corrected chi connectivity index (χ3v) is 6.47. The lowest BCUT2D eigenvalue weighted by atomic mass is 10.2. The van der Waals surface area contributed by atoms with Crippen molar-refractivity contribution in [1.82, 2.24) is 9.71 Å². The predicted octanol–water partition coefficient (Wildman–Crippen LogP) is 3.53. The number of nitrogens with zero attached hydrogens (tertiary/aromatic N) is 1. The van der Waals surface area contributed by atoms with Gasteiger partial charge in [0.25, 0.3) is 5.91 Å². The van der Waals surface area contributed by atoms with Crippen LogP contribution in [-0.4, -0.2) is 32.5 Å². The minimum Gasteiger partial charge on any atom is -0.490 e. The van der Waals surface area contributed by atoms with Crippen LogP contribution in [0.5, 0.6) is 11.5 Å². The molecule has 8 nitrogen and oxygen atoms in total. The number of rotatable bonds is 6. The smallest absolute Gasteiger partial charge is 0.255 e. The van der Waals surface area contributed by atoms with Crippen LogP contribution < -0.4 is 19.5 Å². The van der Waals surface area contributed by atoms with Crippen LogP contribution in [0.2, 0.25) is 0 Å². The minimum absolute atomic E-state index is 0.000415. The third kappa shape index (κ3) is 5.06. The van der Waals surface area contributed by atoms with Gasteiger partial charge in [0.2, 0.25) is 10.0 Å². The number of sulfonamides is 1. The van der Waals surface area contributed by atoms with Gasteiger partial charge >= 0.3 is 0 Å². The highest BCUT2D eigenvalue weighted by atomic mass is 32.2. The maximum absolute atomic E-state index is 12.8. The fourth-order valence-corrected chi connectivity index (χ4v) is 4.53. The number of benzene rings is 2. The number of pyridine rings is 1. The van der Waals surface area contributed by atoms with Crippen LogP contribution in [0.3, 0.4) is 0 Å². The summed E-state index contributed by atoms with van der Waals surface area (Å²) in [5.41, 5.74) is 1.48. The molecule has 0 aliphatic carbocycles. The molecule has 1 aliphatic rings. The first-order valence-electron chi connectivity index (χ1n) is 10.2. The van der Waals surface area contributed by atoms with Crippen LogP contribution in [0.4, 0.5) is 5.69 Å². The molecule has 0 saturated heterocycles. The number of aromatic nitrogens is 1. The zero-order valence-corrected chi connectivity index (χ0v) is 18.3. The molecule has 0 bridgehead atoms. The number of carbonyl (C=O) groups excluding carboxylic acids is 1. The van der Waals surface area contributed by atoms with E-state index in [0.29, 0.717) is 30.4 Å². The van der Waals surface area contributed by atoms with E-state index in [9.17, 15) is 13.2 Å². The van der Waals surface area contributed by atoms with E-state index in [4.69, 9.17) is 9.47 Å². The van der Waals surface area contributed by atoms with Crippen molar-refractivity contribution in [2.24, 2.45) is 0 Å². The highest BCUT2D eigenvalue weighted by Crippen LogP contribution is 2.32. The Balaban J connectivity index is 1.50. The second-order valence-electron chi connectivity index (χ2n) is 7.32. The third-order valence-electron chi connectivity index (χ3n) is 4.93. The van der Waals surface area contributed by atoms with Gasteiger partial charge in [0.15, 0.2) is 11.5 Å². The van der Waals surface area contributed by atoms with Crippen molar-refractivity contribution in [2.75, 3.05) is 18.5 Å². The highest BCUT2D eigenvalue weighted by Gasteiger charge is 2.20. The predicted molar refractivity (Wildman–Crippen MR) is 119 cm³/mol. The van der Waals surface area contributed by atoms with E-state index in [-0.39, 0.29) is 10.5 Å². The zero-order chi connectivity index (χ0) is 22.6. The molecule has 0 saturated carbocycles. The highest BCUT2D eigenvalue weighted by molar-refractivity contribution is 7.89. The molecule has 0 spiro atoms. The molecule has 0 radical (unpaired) electrons. The maximum atomic E-state index is 12.8. The molecular formula is C23H23N3O5S. The Kier molecular flexibility index (Phi) is 6.38. The maximum Gasteiger partial charge on any atom is 0.255 e. The number of hydrogen-bond donors (Lipinski definition) is 2. The van der Waals surface area contributed by atoms with Gasteiger partial charge in [0.1, 0.15) is 0 Å². The Morgan fingerprint density at radius 2 is 1.84 bits per heavy atom. The molecule has 32 heavy (non-hydrogen) atoms. The molecule has 1 atom stereocenters. The second-order valence-corrected chi connectivity index (χ2v) is 9.04. The molecule has 2 heterocycles. The van der Waals surface area contributed by atoms with Crippen molar-refractivity contribution in [2.45, 2.75) is 24.3 Å². The average Bonchev–Trinajstić information content (AvgIpc) is 3.04. The van der Waals surface area contributed by atoms with Gasteiger partial charge in [0.05, 0.1) is 18.1 Å². The fraction of sp³-hybridized carbons (Fsp3) is 0.217. The lowest BCUT2D eigenvalue weighted by Gasteiger charge is -2.15. The van der Waals surface area contributed by atoms with E-state index in [1.54, 1.807) is 55.7 Å². The van der Waals surface area contributed by atoms with Gasteiger partial charge in [-0.2, -0.15) is 0 Å². The first kappa shape index (κ1) is 21.8. The fourth-order valence-electron chi connectivity index (χ4n) is 3.25. The summed E-state index contributed by atoms with van der Waals surface area (Å²) in [7, 11) is -3.85. The molecule has 166 valence electrons. The van der Waals surface area contributed by atoms with Gasteiger partial charge in [-0.25, -0.2) is 13.1 Å². The SMILES string of the molecule is CC(NS(=O)(=O)c1cccc(C(=O)Nc2ccc3c(c2)OCCCO3)c1)c1cccnc1. The number of carbonyl (C=O) groups is 1. The standard InChI is InChI=1S/C23H23N3O5S/c1-16(18-6-3-10-24-15-18)26-32(28,29)20-7-2-5-17(13-20)23(27)25-19-8-9-21-22(14-19)31-12-4-11-30-21/h2-3,5-10,13-16,26H,4,11-12H2,1H3,(H,25,27). The van der Waals surface area contributed by atoms with E-state index in [1.165, 1.54) is 18.2 Å². The molecule has 2 N–H and O–H groups in total. The lowest BCUT2D eigenvalue weighted by Crippen LogP contribution is -2.27. The first-order chi connectivity index (χ1) is 15.4. The number of amides is 1. The number of hydrogen-bond acceptors (Lipinski definition) is 6. The monoisotopic (exact) mass is 453 g/mol. The summed E-state index contributed by atoms with van der Waals surface area (Å²) in [6.07, 6.45) is 4.01. The molecule has 2 aromatic carbocycles. The van der Waals surface area contributed by atoms with E-state index in [1.807, 2.05) is 0 Å². The van der Waals surface area contributed by atoms with E-state index >= 15 is 0 Å². The Morgan fingerprint density at radius 1 is 1.03 bits per heavy atom. The van der Waals surface area contributed by atoms with E-state index in [2.05, 4.69) is 15.0 Å². The Hall–Kier alpha value is -3.43. The summed E-state index contributed by atoms with van der Waals surface area (Å²) in [5, 5.41) is 2.78. The van der Waals surface area contributed by atoms with Crippen LogP contribution in [0.1, 0.15) is 35.3 Å². The van der Waals surface area contributed by atoms with Crippen molar-refractivity contribution in [3.63, 3.8) is 0 Å². The Labute approximate surface area is 186 Å². The number of ether oxygens (including phenoxy) is 2. The van der Waals surface area contributed by atoms with Crippen LogP contribution in [0, 0.1) is 0 Å². The number of fused-ring (bicyclic) bond motifs is 1. The van der Waals surface area contributed by atoms with Crippen molar-refractivity contribution in [3.05, 3.63) is 78.1 Å². The van der Waals surface area contributed by atoms with Crippen molar-refractivity contribution in [1.29, 1.82) is 0 Å². The van der Waals surface area contributed by atoms with E-state index in [0.717, 1.165) is 12.0 Å². The number of anilines is 1. The Morgan fingerprint density at radius 3 is 2.62 bits per heavy atom. The van der Waals surface area contributed by atoms with Gasteiger partial charge in [-0.3, -0.25) is 9.78 Å². The summed E-state index contributed by atoms with van der Waals surface area (Å²) in [4.78, 5) is 16.8. The summed E-state index contributed by atoms with van der Waals surface area (Å²) >= 11 is 0. The number of nitrogens with one attached hydrogen (secondary N) is 2. The van der Waals surface area contributed by atoms with Crippen LogP contribution in [-0.2, 0) is 10.0 Å². The molecule has 3 aromatic rings. The summed E-state index contributed by atoms with van der Waals surface area (Å²) in [6.45, 7) is 2.84. The van der Waals surface area contributed by atoms with Crippen LogP contribution in [0.25, 0.3) is 0 Å². The topological polar surface area (TPSA) is 107 Å². The molecule has 4 rings (SSSR count). The van der Waals surface area contributed by atoms with Gasteiger partial charge in [-0.05, 0) is 48.9 Å². The molecule has 0 fully saturated rings. The molecule has 1 aromatic heterocycles. The van der Waals surface area contributed by atoms with E-state index < -0.39 is 22.0 Å². The normalized spacial score (nSPS) is 14.3. The zero-order valence-electron chi connectivity index (χ0n) is 17.4. The second kappa shape index (κ2) is 9.37. The van der Waals surface area contributed by atoms with Crippen molar-refractivity contribution >= 4 is 21.6 Å². The van der Waals surface area contributed by atoms with Gasteiger partial charge < -0.3 is 14.8 Å². The molecule has 1 aliphatic heterocycles. The van der Waals surface area contributed by atoms with Gasteiger partial charge in [-0.1, -0.05) is 12.1 Å². The Bertz CT molecular complexity index is 1220. The van der Waals surface area contributed by atoms with Gasteiger partial charge in [0, 0.05) is 42.2 Å². The summed E-state index contributed by atoms with van der Waals surface area (Å²) in [5.74, 6) is 0.754. The van der Waals surface area contributed by atoms with Gasteiger partial charge in [-0.15, -0.1) is 0 Å².